The van der Waals surface area contributed by atoms with Gasteiger partial charge >= 0.3 is 0 Å². The average Bonchev–Trinajstić information content (AvgIpc) is 2.82. The van der Waals surface area contributed by atoms with Gasteiger partial charge in [-0.15, -0.1) is 11.3 Å². The molecule has 0 aliphatic heterocycles. The lowest BCUT2D eigenvalue weighted by molar-refractivity contribution is 0.394. The highest BCUT2D eigenvalue weighted by molar-refractivity contribution is 7.99. The van der Waals surface area contributed by atoms with Gasteiger partial charge in [-0.2, -0.15) is 11.8 Å². The zero-order chi connectivity index (χ0) is 12.8. The lowest BCUT2D eigenvalue weighted by Crippen LogP contribution is -2.15. The summed E-state index contributed by atoms with van der Waals surface area (Å²) in [4.78, 5) is 5.84. The fourth-order valence-corrected chi connectivity index (χ4v) is 4.76. The topological polar surface area (TPSA) is 24.9 Å². The van der Waals surface area contributed by atoms with Crippen LogP contribution in [-0.2, 0) is 5.75 Å². The van der Waals surface area contributed by atoms with Crippen molar-refractivity contribution in [3.8, 4) is 0 Å². The quantitative estimate of drug-likeness (QED) is 0.814. The van der Waals surface area contributed by atoms with Crippen LogP contribution in [0, 0.1) is 5.92 Å². The summed E-state index contributed by atoms with van der Waals surface area (Å²) in [7, 11) is 0. The molecule has 1 aliphatic rings. The van der Waals surface area contributed by atoms with E-state index in [2.05, 4.69) is 35.9 Å². The number of thiazole rings is 1. The van der Waals surface area contributed by atoms with Crippen molar-refractivity contribution in [1.29, 1.82) is 0 Å². The molecule has 2 rings (SSSR count). The van der Waals surface area contributed by atoms with E-state index in [1.54, 1.807) is 0 Å². The largest absolute Gasteiger partial charge is 0.362 e. The van der Waals surface area contributed by atoms with E-state index < -0.39 is 0 Å². The maximum Gasteiger partial charge on any atom is 0.182 e. The van der Waals surface area contributed by atoms with Crippen molar-refractivity contribution in [2.45, 2.75) is 57.0 Å². The lowest BCUT2D eigenvalue weighted by Gasteiger charge is -2.25. The molecule has 0 radical (unpaired) electrons. The third-order valence-electron chi connectivity index (χ3n) is 3.43. The second-order valence-electron chi connectivity index (χ2n) is 5.26. The number of nitrogens with one attached hydrogen (secondary N) is 1. The monoisotopic (exact) mass is 284 g/mol. The van der Waals surface area contributed by atoms with Crippen molar-refractivity contribution in [2.24, 2.45) is 5.92 Å². The van der Waals surface area contributed by atoms with Crippen LogP contribution in [0.25, 0.3) is 0 Å². The Labute approximate surface area is 119 Å². The minimum Gasteiger partial charge on any atom is -0.362 e. The van der Waals surface area contributed by atoms with Crippen LogP contribution in [0.2, 0.25) is 0 Å². The maximum absolute atomic E-state index is 4.43. The van der Waals surface area contributed by atoms with Gasteiger partial charge in [-0.05, 0) is 25.2 Å². The smallest absolute Gasteiger partial charge is 0.182 e. The Morgan fingerprint density at radius 2 is 2.39 bits per heavy atom. The number of rotatable bonds is 6. The van der Waals surface area contributed by atoms with Gasteiger partial charge in [0.1, 0.15) is 0 Å². The molecule has 1 saturated carbocycles. The molecule has 2 atom stereocenters. The van der Waals surface area contributed by atoms with Gasteiger partial charge < -0.3 is 5.32 Å². The molecule has 0 bridgehead atoms. The Balaban J connectivity index is 1.74. The van der Waals surface area contributed by atoms with Crippen LogP contribution in [0.5, 0.6) is 0 Å². The fourth-order valence-electron chi connectivity index (χ4n) is 2.42. The van der Waals surface area contributed by atoms with Gasteiger partial charge in [0.15, 0.2) is 5.13 Å². The summed E-state index contributed by atoms with van der Waals surface area (Å²) in [6.45, 7) is 5.61. The minimum atomic E-state index is 0.878. The third kappa shape index (κ3) is 4.47. The van der Waals surface area contributed by atoms with Gasteiger partial charge in [-0.25, -0.2) is 4.98 Å². The van der Waals surface area contributed by atoms with Crippen LogP contribution in [0.1, 0.15) is 50.8 Å². The average molecular weight is 284 g/mol. The zero-order valence-electron chi connectivity index (χ0n) is 11.4. The standard InChI is InChI=1S/C14H24N2S2/c1-3-7-15-14-16-9-13(18-14)10-17-12-6-4-5-11(2)8-12/h9,11-12H,3-8,10H2,1-2H3,(H,15,16). The third-order valence-corrected chi connectivity index (χ3v) is 5.94. The minimum absolute atomic E-state index is 0.878. The first-order chi connectivity index (χ1) is 8.78. The number of thioether (sulfide) groups is 1. The van der Waals surface area contributed by atoms with Crippen molar-refractivity contribution < 1.29 is 0 Å². The van der Waals surface area contributed by atoms with E-state index in [4.69, 9.17) is 0 Å². The summed E-state index contributed by atoms with van der Waals surface area (Å²) in [6, 6.07) is 0. The fraction of sp³-hybridized carbons (Fsp3) is 0.786. The van der Waals surface area contributed by atoms with E-state index in [1.807, 2.05) is 17.5 Å². The molecule has 18 heavy (non-hydrogen) atoms. The second kappa shape index (κ2) is 7.39. The molecule has 2 unspecified atom stereocenters. The molecule has 1 heterocycles. The van der Waals surface area contributed by atoms with Crippen LogP contribution in [0.4, 0.5) is 5.13 Å². The van der Waals surface area contributed by atoms with Crippen molar-refractivity contribution >= 4 is 28.2 Å². The highest BCUT2D eigenvalue weighted by Crippen LogP contribution is 2.34. The molecule has 1 aromatic rings. The van der Waals surface area contributed by atoms with E-state index in [-0.39, 0.29) is 0 Å². The summed E-state index contributed by atoms with van der Waals surface area (Å²) in [5.74, 6) is 2.07. The number of nitrogens with zero attached hydrogens (tertiary/aromatic N) is 1. The molecule has 0 spiro atoms. The van der Waals surface area contributed by atoms with E-state index in [0.717, 1.165) is 35.0 Å². The molecule has 102 valence electrons. The molecular formula is C14H24N2S2. The number of aromatic nitrogens is 1. The van der Waals surface area contributed by atoms with Gasteiger partial charge in [0, 0.05) is 28.6 Å². The van der Waals surface area contributed by atoms with E-state index in [9.17, 15) is 0 Å². The molecule has 0 amide bonds. The van der Waals surface area contributed by atoms with Crippen molar-refractivity contribution in [1.82, 2.24) is 4.98 Å². The molecule has 1 fully saturated rings. The lowest BCUT2D eigenvalue weighted by atomic mass is 9.91. The molecule has 0 aromatic carbocycles. The van der Waals surface area contributed by atoms with E-state index >= 15 is 0 Å². The van der Waals surface area contributed by atoms with Gasteiger partial charge in [0.05, 0.1) is 0 Å². The second-order valence-corrected chi connectivity index (χ2v) is 7.67. The van der Waals surface area contributed by atoms with E-state index in [1.165, 1.54) is 30.6 Å². The van der Waals surface area contributed by atoms with Crippen molar-refractivity contribution in [2.75, 3.05) is 11.9 Å². The van der Waals surface area contributed by atoms with Crippen LogP contribution in [-0.4, -0.2) is 16.8 Å². The summed E-state index contributed by atoms with van der Waals surface area (Å²) in [5.41, 5.74) is 0. The number of hydrogen-bond acceptors (Lipinski definition) is 4. The molecule has 1 aromatic heterocycles. The Hall–Kier alpha value is -0.220. The summed E-state index contributed by atoms with van der Waals surface area (Å²) in [6.07, 6.45) is 8.87. The molecular weight excluding hydrogens is 260 g/mol. The number of anilines is 1. The van der Waals surface area contributed by atoms with E-state index in [0.29, 0.717) is 0 Å². The summed E-state index contributed by atoms with van der Waals surface area (Å²) >= 11 is 3.95. The van der Waals surface area contributed by atoms with Crippen LogP contribution < -0.4 is 5.32 Å². The van der Waals surface area contributed by atoms with Crippen LogP contribution in [0.3, 0.4) is 0 Å². The summed E-state index contributed by atoms with van der Waals surface area (Å²) in [5, 5.41) is 5.32. The summed E-state index contributed by atoms with van der Waals surface area (Å²) < 4.78 is 0. The highest BCUT2D eigenvalue weighted by Gasteiger charge is 2.19. The molecule has 1 N–H and O–H groups in total. The molecule has 1 aliphatic carbocycles. The zero-order valence-corrected chi connectivity index (χ0v) is 13.1. The number of hydrogen-bond donors (Lipinski definition) is 1. The Morgan fingerprint density at radius 1 is 1.50 bits per heavy atom. The molecule has 4 heteroatoms. The van der Waals surface area contributed by atoms with Crippen molar-refractivity contribution in [3.63, 3.8) is 0 Å². The van der Waals surface area contributed by atoms with Gasteiger partial charge in [0.2, 0.25) is 0 Å². The predicted octanol–water partition coefficient (Wildman–Crippen LogP) is 4.78. The normalized spacial score (nSPS) is 24.1. The SMILES string of the molecule is CCCNc1ncc(CSC2CCCC(C)C2)s1. The molecule has 2 nitrogen and oxygen atoms in total. The first kappa shape index (κ1) is 14.2. The van der Waals surface area contributed by atoms with Crippen LogP contribution >= 0.6 is 23.1 Å². The Bertz CT molecular complexity index is 351. The van der Waals surface area contributed by atoms with Crippen molar-refractivity contribution in [3.05, 3.63) is 11.1 Å². The molecule has 0 saturated heterocycles. The Morgan fingerprint density at radius 3 is 3.17 bits per heavy atom. The predicted molar refractivity (Wildman–Crippen MR) is 83.6 cm³/mol. The van der Waals surface area contributed by atoms with Gasteiger partial charge in [-0.1, -0.05) is 26.7 Å². The highest BCUT2D eigenvalue weighted by atomic mass is 32.2. The van der Waals surface area contributed by atoms with Gasteiger partial charge in [0.25, 0.3) is 0 Å². The first-order valence-electron chi connectivity index (χ1n) is 7.08. The maximum atomic E-state index is 4.43. The van der Waals surface area contributed by atoms with Gasteiger partial charge in [-0.3, -0.25) is 0 Å². The Kier molecular flexibility index (Phi) is 5.83. The van der Waals surface area contributed by atoms with Crippen LogP contribution in [0.15, 0.2) is 6.20 Å². The first-order valence-corrected chi connectivity index (χ1v) is 8.94.